The summed E-state index contributed by atoms with van der Waals surface area (Å²) >= 11 is 0. The van der Waals surface area contributed by atoms with E-state index in [4.69, 9.17) is 19.2 Å². The first kappa shape index (κ1) is 27.6. The zero-order valence-corrected chi connectivity index (χ0v) is 19.9. The van der Waals surface area contributed by atoms with E-state index in [1.807, 2.05) is 0 Å². The van der Waals surface area contributed by atoms with Crippen molar-refractivity contribution in [3.63, 3.8) is 0 Å². The fraction of sp³-hybridized carbons (Fsp3) is 0.923. The molecule has 0 radical (unpaired) electrons. The Balaban J connectivity index is 1.81. The van der Waals surface area contributed by atoms with Crippen LogP contribution in [0.2, 0.25) is 0 Å². The number of hydrogen-bond donors (Lipinski definition) is 0. The van der Waals surface area contributed by atoms with Crippen LogP contribution in [0.25, 0.3) is 0 Å². The normalized spacial score (nSPS) is 19.2. The molecule has 0 amide bonds. The molecule has 0 aromatic carbocycles. The third-order valence-electron chi connectivity index (χ3n) is 5.94. The summed E-state index contributed by atoms with van der Waals surface area (Å²) in [5, 5.41) is 0. The molecule has 2 atom stereocenters. The van der Waals surface area contributed by atoms with E-state index in [0.29, 0.717) is 19.8 Å². The quantitative estimate of drug-likeness (QED) is 0.102. The Morgan fingerprint density at radius 2 is 1.33 bits per heavy atom. The topological polar surface area (TPSA) is 36.9 Å². The van der Waals surface area contributed by atoms with E-state index in [9.17, 15) is 0 Å². The predicted molar refractivity (Wildman–Crippen MR) is 126 cm³/mol. The molecule has 0 N–H and O–H groups in total. The maximum atomic E-state index is 6.03. The second-order valence-corrected chi connectivity index (χ2v) is 8.78. The lowest BCUT2D eigenvalue weighted by Crippen LogP contribution is -2.40. The van der Waals surface area contributed by atoms with Gasteiger partial charge in [0.25, 0.3) is 0 Å². The van der Waals surface area contributed by atoms with Crippen molar-refractivity contribution in [3.05, 3.63) is 12.7 Å². The van der Waals surface area contributed by atoms with E-state index in [1.165, 1.54) is 96.3 Å². The van der Waals surface area contributed by atoms with Crippen LogP contribution in [0.4, 0.5) is 0 Å². The Bertz CT molecular complexity index is 361. The van der Waals surface area contributed by atoms with Crippen molar-refractivity contribution < 1.29 is 19.2 Å². The maximum Gasteiger partial charge on any atom is 0.142 e. The van der Waals surface area contributed by atoms with Crippen LogP contribution in [-0.2, 0) is 19.2 Å². The Morgan fingerprint density at radius 3 is 1.87 bits per heavy atom. The molecule has 4 nitrogen and oxygen atoms in total. The van der Waals surface area contributed by atoms with Gasteiger partial charge in [-0.3, -0.25) is 0 Å². The molecule has 1 aliphatic rings. The summed E-state index contributed by atoms with van der Waals surface area (Å²) in [6.07, 6.45) is 24.8. The lowest BCUT2D eigenvalue weighted by molar-refractivity contribution is -0.372. The van der Waals surface area contributed by atoms with Gasteiger partial charge in [-0.2, -0.15) is 0 Å². The standard InChI is InChI=1S/C26H50O4/c1-3-5-6-7-8-9-10-11-12-13-14-15-16-17-18-19-22-28-25-20-23-29-30-26(25)24-27-21-4-2/h4,25-26H,2-3,5-24H2,1H3. The number of unbranched alkanes of at least 4 members (excludes halogenated alkanes) is 15. The highest BCUT2D eigenvalue weighted by Crippen LogP contribution is 2.17. The van der Waals surface area contributed by atoms with E-state index >= 15 is 0 Å². The minimum atomic E-state index is -0.125. The van der Waals surface area contributed by atoms with E-state index < -0.39 is 0 Å². The molecule has 1 saturated heterocycles. The summed E-state index contributed by atoms with van der Waals surface area (Å²) in [5.41, 5.74) is 0. The zero-order valence-electron chi connectivity index (χ0n) is 19.9. The summed E-state index contributed by atoms with van der Waals surface area (Å²) in [4.78, 5) is 10.4. The monoisotopic (exact) mass is 426 g/mol. The minimum absolute atomic E-state index is 0.0832. The average molecular weight is 427 g/mol. The molecule has 0 spiro atoms. The van der Waals surface area contributed by atoms with Crippen molar-refractivity contribution in [1.29, 1.82) is 0 Å². The van der Waals surface area contributed by atoms with Gasteiger partial charge in [-0.1, -0.05) is 109 Å². The Kier molecular flexibility index (Phi) is 20.1. The van der Waals surface area contributed by atoms with Crippen LogP contribution in [0.5, 0.6) is 0 Å². The molecule has 178 valence electrons. The Morgan fingerprint density at radius 1 is 0.800 bits per heavy atom. The van der Waals surface area contributed by atoms with Crippen LogP contribution in [0.1, 0.15) is 116 Å². The van der Waals surface area contributed by atoms with Crippen LogP contribution < -0.4 is 0 Å². The second-order valence-electron chi connectivity index (χ2n) is 8.78. The van der Waals surface area contributed by atoms with Gasteiger partial charge in [-0.15, -0.1) is 6.58 Å². The van der Waals surface area contributed by atoms with Crippen molar-refractivity contribution in [2.75, 3.05) is 26.4 Å². The highest BCUT2D eigenvalue weighted by molar-refractivity contribution is 4.73. The highest BCUT2D eigenvalue weighted by Gasteiger charge is 2.28. The van der Waals surface area contributed by atoms with E-state index in [1.54, 1.807) is 6.08 Å². The Labute approximate surface area is 187 Å². The first-order valence-electron chi connectivity index (χ1n) is 13.0. The van der Waals surface area contributed by atoms with Gasteiger partial charge in [0.15, 0.2) is 0 Å². The first-order valence-corrected chi connectivity index (χ1v) is 13.0. The first-order chi connectivity index (χ1) is 14.9. The molecule has 2 unspecified atom stereocenters. The predicted octanol–water partition coefficient (Wildman–Crippen LogP) is 7.56. The van der Waals surface area contributed by atoms with Crippen LogP contribution >= 0.6 is 0 Å². The third-order valence-corrected chi connectivity index (χ3v) is 5.94. The molecule has 0 saturated carbocycles. The van der Waals surface area contributed by atoms with Gasteiger partial charge in [0.05, 0.1) is 25.9 Å². The molecule has 0 aromatic rings. The number of ether oxygens (including phenoxy) is 2. The van der Waals surface area contributed by atoms with Crippen LogP contribution in [-0.4, -0.2) is 38.6 Å². The summed E-state index contributed by atoms with van der Waals surface area (Å²) in [7, 11) is 0. The van der Waals surface area contributed by atoms with Crippen LogP contribution in [0, 0.1) is 0 Å². The van der Waals surface area contributed by atoms with Gasteiger partial charge < -0.3 is 9.47 Å². The van der Waals surface area contributed by atoms with Gasteiger partial charge in [0, 0.05) is 13.0 Å². The minimum Gasteiger partial charge on any atom is -0.375 e. The van der Waals surface area contributed by atoms with Crippen molar-refractivity contribution in [2.24, 2.45) is 0 Å². The molecule has 0 aromatic heterocycles. The van der Waals surface area contributed by atoms with Gasteiger partial charge in [-0.25, -0.2) is 9.78 Å². The lowest BCUT2D eigenvalue weighted by atomic mass is 10.0. The molecule has 0 bridgehead atoms. The fourth-order valence-electron chi connectivity index (χ4n) is 4.03. The van der Waals surface area contributed by atoms with Gasteiger partial charge >= 0.3 is 0 Å². The third kappa shape index (κ3) is 16.3. The zero-order chi connectivity index (χ0) is 21.5. The largest absolute Gasteiger partial charge is 0.375 e. The molecule has 4 heteroatoms. The fourth-order valence-corrected chi connectivity index (χ4v) is 4.03. The highest BCUT2D eigenvalue weighted by atomic mass is 17.2. The number of hydrogen-bond acceptors (Lipinski definition) is 4. The smallest absolute Gasteiger partial charge is 0.142 e. The Hall–Kier alpha value is -0.420. The summed E-state index contributed by atoms with van der Waals surface area (Å²) in [6, 6.07) is 0. The van der Waals surface area contributed by atoms with E-state index in [-0.39, 0.29) is 12.2 Å². The molecule has 1 heterocycles. The van der Waals surface area contributed by atoms with Gasteiger partial charge in [-0.05, 0) is 6.42 Å². The second kappa shape index (κ2) is 21.8. The van der Waals surface area contributed by atoms with Gasteiger partial charge in [0.1, 0.15) is 6.10 Å². The molecule has 30 heavy (non-hydrogen) atoms. The van der Waals surface area contributed by atoms with Crippen molar-refractivity contribution >= 4 is 0 Å². The van der Waals surface area contributed by atoms with Crippen LogP contribution in [0.3, 0.4) is 0 Å². The van der Waals surface area contributed by atoms with Crippen molar-refractivity contribution in [1.82, 2.24) is 0 Å². The van der Waals surface area contributed by atoms with E-state index in [0.717, 1.165) is 19.4 Å². The number of rotatable bonds is 22. The van der Waals surface area contributed by atoms with Crippen molar-refractivity contribution in [3.8, 4) is 0 Å². The SMILES string of the molecule is C=CCOCC1OOCCC1OCCCCCCCCCCCCCCCCCC. The lowest BCUT2D eigenvalue weighted by Gasteiger charge is -2.30. The molecule has 1 fully saturated rings. The summed E-state index contributed by atoms with van der Waals surface area (Å²) in [6.45, 7) is 8.39. The molecule has 1 aliphatic heterocycles. The molecular weight excluding hydrogens is 376 g/mol. The van der Waals surface area contributed by atoms with Crippen LogP contribution in [0.15, 0.2) is 12.7 Å². The molecule has 1 rings (SSSR count). The average Bonchev–Trinajstić information content (AvgIpc) is 2.77. The molecule has 0 aliphatic carbocycles. The van der Waals surface area contributed by atoms with Crippen molar-refractivity contribution in [2.45, 2.75) is 128 Å². The summed E-state index contributed by atoms with van der Waals surface area (Å²) < 4.78 is 11.5. The van der Waals surface area contributed by atoms with Gasteiger partial charge in [0.2, 0.25) is 0 Å². The van der Waals surface area contributed by atoms with E-state index in [2.05, 4.69) is 13.5 Å². The summed E-state index contributed by atoms with van der Waals surface area (Å²) in [5.74, 6) is 0. The molecular formula is C26H50O4. The maximum absolute atomic E-state index is 6.03.